The molecule has 0 aromatic heterocycles. The number of carbonyl (C=O) groups is 3. The maximum atomic E-state index is 14.3. The molecule has 1 N–H and O–H groups in total. The van der Waals surface area contributed by atoms with E-state index < -0.39 is 29.1 Å². The molecule has 3 amide bonds. The summed E-state index contributed by atoms with van der Waals surface area (Å²) in [6.45, 7) is 2.49. The Hall–Kier alpha value is -3.46. The maximum absolute atomic E-state index is 14.3. The van der Waals surface area contributed by atoms with Crippen molar-refractivity contribution in [3.05, 3.63) is 83.9 Å². The Bertz CT molecular complexity index is 1360. The lowest BCUT2D eigenvalue weighted by Crippen LogP contribution is -2.56. The van der Waals surface area contributed by atoms with E-state index in [1.165, 1.54) is 4.90 Å². The lowest BCUT2D eigenvalue weighted by atomic mass is 9.74. The zero-order valence-corrected chi connectivity index (χ0v) is 22.3. The first kappa shape index (κ1) is 25.8. The fourth-order valence-corrected chi connectivity index (χ4v) is 6.82. The zero-order valence-electron chi connectivity index (χ0n) is 21.6. The molecule has 0 aliphatic carbocycles. The quantitative estimate of drug-likeness (QED) is 0.581. The molecule has 5 atom stereocenters. The first-order valence-corrected chi connectivity index (χ1v) is 13.6. The van der Waals surface area contributed by atoms with Crippen LogP contribution < -0.4 is 9.80 Å². The summed E-state index contributed by atoms with van der Waals surface area (Å²) in [5.74, 6) is -2.57. The Labute approximate surface area is 232 Å². The Morgan fingerprint density at radius 3 is 2.21 bits per heavy atom. The third-order valence-corrected chi connectivity index (χ3v) is 8.57. The number of ether oxygens (including phenoxy) is 1. The predicted octanol–water partition coefficient (Wildman–Crippen LogP) is 3.20. The Morgan fingerprint density at radius 2 is 1.51 bits per heavy atom. The van der Waals surface area contributed by atoms with Gasteiger partial charge in [0.05, 0.1) is 17.4 Å². The normalized spacial score (nSPS) is 31.7. The predicted molar refractivity (Wildman–Crippen MR) is 147 cm³/mol. The SMILES string of the molecule is C[C@]12C=CCN(c3ccccc3)C(=O)[C@H]1[C@H]1C(=O)N(CCCO)C3C(=O)N(c4ccc(Cl)cc4)CC=C[C@@]31O2. The summed E-state index contributed by atoms with van der Waals surface area (Å²) in [6.07, 6.45) is 7.73. The minimum Gasteiger partial charge on any atom is -0.396 e. The van der Waals surface area contributed by atoms with Gasteiger partial charge in [0, 0.05) is 42.6 Å². The van der Waals surface area contributed by atoms with Crippen LogP contribution in [0.5, 0.6) is 0 Å². The smallest absolute Gasteiger partial charge is 0.253 e. The summed E-state index contributed by atoms with van der Waals surface area (Å²) in [5, 5.41) is 10.1. The molecular weight excluding hydrogens is 518 g/mol. The molecule has 4 aliphatic heterocycles. The van der Waals surface area contributed by atoms with Crippen LogP contribution in [0.25, 0.3) is 0 Å². The fourth-order valence-electron chi connectivity index (χ4n) is 6.70. The van der Waals surface area contributed by atoms with Crippen LogP contribution in [0.2, 0.25) is 5.02 Å². The molecule has 4 heterocycles. The van der Waals surface area contributed by atoms with Crippen LogP contribution in [0.3, 0.4) is 0 Å². The van der Waals surface area contributed by atoms with Gasteiger partial charge in [-0.3, -0.25) is 14.4 Å². The minimum absolute atomic E-state index is 0.134. The number of aliphatic hydroxyl groups excluding tert-OH is 1. The molecule has 39 heavy (non-hydrogen) atoms. The van der Waals surface area contributed by atoms with Gasteiger partial charge in [-0.2, -0.15) is 0 Å². The Morgan fingerprint density at radius 1 is 0.872 bits per heavy atom. The van der Waals surface area contributed by atoms with Gasteiger partial charge in [-0.05, 0) is 49.7 Å². The molecule has 0 saturated carbocycles. The van der Waals surface area contributed by atoms with E-state index in [-0.39, 0.29) is 37.4 Å². The van der Waals surface area contributed by atoms with Crippen LogP contribution in [-0.2, 0) is 19.1 Å². The molecule has 2 fully saturated rings. The average molecular weight is 548 g/mol. The second kappa shape index (κ2) is 9.62. The second-order valence-corrected chi connectivity index (χ2v) is 11.1. The highest BCUT2D eigenvalue weighted by atomic mass is 35.5. The van der Waals surface area contributed by atoms with Gasteiger partial charge in [0.2, 0.25) is 11.8 Å². The molecule has 2 aromatic carbocycles. The summed E-state index contributed by atoms with van der Waals surface area (Å²) < 4.78 is 6.82. The highest BCUT2D eigenvalue weighted by Crippen LogP contribution is 2.57. The van der Waals surface area contributed by atoms with Gasteiger partial charge in [-0.25, -0.2) is 0 Å². The van der Waals surface area contributed by atoms with Crippen LogP contribution in [0.1, 0.15) is 13.3 Å². The van der Waals surface area contributed by atoms with Crippen molar-refractivity contribution < 1.29 is 24.2 Å². The monoisotopic (exact) mass is 547 g/mol. The third-order valence-electron chi connectivity index (χ3n) is 8.32. The highest BCUT2D eigenvalue weighted by Gasteiger charge is 2.74. The number of hydrogen-bond donors (Lipinski definition) is 1. The molecule has 8 nitrogen and oxygen atoms in total. The van der Waals surface area contributed by atoms with Gasteiger partial charge in [0.1, 0.15) is 11.6 Å². The summed E-state index contributed by atoms with van der Waals surface area (Å²) in [7, 11) is 0. The fraction of sp³-hybridized carbons (Fsp3) is 0.367. The molecule has 6 rings (SSSR count). The third kappa shape index (κ3) is 3.92. The average Bonchev–Trinajstić information content (AvgIpc) is 3.19. The molecule has 2 aromatic rings. The largest absolute Gasteiger partial charge is 0.396 e. The number of benzene rings is 2. The van der Waals surface area contributed by atoms with Crippen molar-refractivity contribution in [2.45, 2.75) is 30.6 Å². The summed E-state index contributed by atoms with van der Waals surface area (Å²) in [5.41, 5.74) is -1.06. The second-order valence-electron chi connectivity index (χ2n) is 10.6. The number of para-hydroxylation sites is 1. The number of aliphatic hydroxyl groups is 1. The number of carbonyl (C=O) groups excluding carboxylic acids is 3. The van der Waals surface area contributed by atoms with E-state index in [2.05, 4.69) is 0 Å². The van der Waals surface area contributed by atoms with Crippen LogP contribution in [0, 0.1) is 11.8 Å². The van der Waals surface area contributed by atoms with E-state index in [9.17, 15) is 19.5 Å². The summed E-state index contributed by atoms with van der Waals surface area (Å²) in [4.78, 5) is 47.6. The van der Waals surface area contributed by atoms with Gasteiger partial charge in [-0.1, -0.05) is 54.1 Å². The van der Waals surface area contributed by atoms with Crippen molar-refractivity contribution in [1.82, 2.24) is 4.90 Å². The van der Waals surface area contributed by atoms with E-state index in [0.717, 1.165) is 5.69 Å². The molecule has 0 bridgehead atoms. The van der Waals surface area contributed by atoms with Crippen molar-refractivity contribution in [3.8, 4) is 0 Å². The van der Waals surface area contributed by atoms with Crippen molar-refractivity contribution in [3.63, 3.8) is 0 Å². The molecule has 0 radical (unpaired) electrons. The van der Waals surface area contributed by atoms with E-state index in [1.54, 1.807) is 34.1 Å². The molecule has 1 spiro atoms. The van der Waals surface area contributed by atoms with Crippen molar-refractivity contribution in [2.75, 3.05) is 36.0 Å². The molecule has 2 saturated heterocycles. The van der Waals surface area contributed by atoms with Crippen LogP contribution in [-0.4, -0.2) is 71.2 Å². The van der Waals surface area contributed by atoms with E-state index in [0.29, 0.717) is 23.7 Å². The Balaban J connectivity index is 1.46. The number of amides is 3. The molecule has 4 aliphatic rings. The lowest BCUT2D eigenvalue weighted by Gasteiger charge is -2.37. The number of nitrogens with zero attached hydrogens (tertiary/aromatic N) is 3. The minimum atomic E-state index is -1.34. The highest BCUT2D eigenvalue weighted by molar-refractivity contribution is 6.30. The van der Waals surface area contributed by atoms with Gasteiger partial charge in [0.25, 0.3) is 5.91 Å². The van der Waals surface area contributed by atoms with E-state index in [4.69, 9.17) is 16.3 Å². The molecule has 9 heteroatoms. The van der Waals surface area contributed by atoms with Gasteiger partial charge in [0.15, 0.2) is 0 Å². The number of anilines is 2. The first-order valence-electron chi connectivity index (χ1n) is 13.2. The standard InChI is InChI=1S/C30H30ClN3O5/c1-29-14-5-16-32(21-8-3-2-4-9-21)26(36)23(29)24-27(37)34(18-7-19-35)25-28(38)33(17-6-15-30(24,25)39-29)22-12-10-20(31)11-13-22/h2-6,8-15,23-25,35H,7,16-19H2,1H3/t23-,24+,25?,29+,30+/m1/s1. The van der Waals surface area contributed by atoms with Crippen molar-refractivity contribution >= 4 is 40.7 Å². The number of hydrogen-bond acceptors (Lipinski definition) is 5. The summed E-state index contributed by atoms with van der Waals surface area (Å²) in [6, 6.07) is 15.3. The molecule has 1 unspecified atom stereocenters. The first-order chi connectivity index (χ1) is 18.8. The summed E-state index contributed by atoms with van der Waals surface area (Å²) >= 11 is 6.09. The number of halogens is 1. The topological polar surface area (TPSA) is 90.4 Å². The van der Waals surface area contributed by atoms with Gasteiger partial charge < -0.3 is 24.5 Å². The number of likely N-dealkylation sites (tertiary alicyclic amines) is 1. The number of rotatable bonds is 5. The lowest BCUT2D eigenvalue weighted by molar-refractivity contribution is -0.144. The van der Waals surface area contributed by atoms with Crippen LogP contribution >= 0.6 is 11.6 Å². The van der Waals surface area contributed by atoms with Crippen molar-refractivity contribution in [2.24, 2.45) is 11.8 Å². The van der Waals surface area contributed by atoms with Crippen LogP contribution in [0.15, 0.2) is 78.9 Å². The van der Waals surface area contributed by atoms with Gasteiger partial charge in [-0.15, -0.1) is 0 Å². The number of fused-ring (bicyclic) bond motifs is 2. The molecule has 202 valence electrons. The van der Waals surface area contributed by atoms with E-state index >= 15 is 0 Å². The maximum Gasteiger partial charge on any atom is 0.253 e. The van der Waals surface area contributed by atoms with E-state index in [1.807, 2.05) is 61.6 Å². The Kier molecular flexibility index (Phi) is 6.37. The molecular formula is C30H30ClN3O5. The van der Waals surface area contributed by atoms with Crippen molar-refractivity contribution in [1.29, 1.82) is 0 Å². The zero-order chi connectivity index (χ0) is 27.4. The van der Waals surface area contributed by atoms with Gasteiger partial charge >= 0.3 is 0 Å². The van der Waals surface area contributed by atoms with Crippen LogP contribution in [0.4, 0.5) is 11.4 Å².